The lowest BCUT2D eigenvalue weighted by molar-refractivity contribution is 0.102. The predicted octanol–water partition coefficient (Wildman–Crippen LogP) is 2.97. The predicted molar refractivity (Wildman–Crippen MR) is 84.8 cm³/mol. The van der Waals surface area contributed by atoms with Gasteiger partial charge in [-0.2, -0.15) is 5.10 Å². The molecule has 0 radical (unpaired) electrons. The zero-order valence-electron chi connectivity index (χ0n) is 12.7. The molecule has 3 rings (SSSR count). The van der Waals surface area contributed by atoms with E-state index in [1.54, 1.807) is 16.9 Å². The molecule has 0 spiro atoms. The Kier molecular flexibility index (Phi) is 3.58. The number of aromatic nitrogens is 4. The molecule has 2 aromatic heterocycles. The average molecular weight is 295 g/mol. The summed E-state index contributed by atoms with van der Waals surface area (Å²) in [5.74, 6) is 0.481. The minimum atomic E-state index is -0.203. The van der Waals surface area contributed by atoms with E-state index in [1.807, 2.05) is 39.0 Å². The van der Waals surface area contributed by atoms with E-state index in [4.69, 9.17) is 0 Å². The maximum Gasteiger partial charge on any atom is 0.259 e. The van der Waals surface area contributed by atoms with Crippen molar-refractivity contribution in [2.45, 2.75) is 26.8 Å². The Morgan fingerprint density at radius 1 is 1.32 bits per heavy atom. The molecule has 22 heavy (non-hydrogen) atoms. The van der Waals surface area contributed by atoms with E-state index < -0.39 is 0 Å². The van der Waals surface area contributed by atoms with Crippen LogP contribution in [0.4, 0.5) is 5.82 Å². The van der Waals surface area contributed by atoms with Crippen molar-refractivity contribution >= 4 is 22.6 Å². The minimum absolute atomic E-state index is 0.166. The molecule has 0 saturated carbocycles. The molecule has 2 heterocycles. The van der Waals surface area contributed by atoms with E-state index in [0.717, 1.165) is 11.1 Å². The lowest BCUT2D eigenvalue weighted by Crippen LogP contribution is -2.17. The molecule has 112 valence electrons. The number of aryl methyl sites for hydroxylation is 1. The summed E-state index contributed by atoms with van der Waals surface area (Å²) < 4.78 is 1.80. The van der Waals surface area contributed by atoms with Crippen LogP contribution in [0.1, 0.15) is 35.9 Å². The van der Waals surface area contributed by atoms with Crippen LogP contribution in [0.15, 0.2) is 36.8 Å². The average Bonchev–Trinajstić information content (AvgIpc) is 2.87. The van der Waals surface area contributed by atoms with E-state index in [9.17, 15) is 4.79 Å². The van der Waals surface area contributed by atoms with Crippen LogP contribution < -0.4 is 5.32 Å². The van der Waals surface area contributed by atoms with Crippen molar-refractivity contribution in [1.29, 1.82) is 0 Å². The van der Waals surface area contributed by atoms with E-state index in [2.05, 4.69) is 20.4 Å². The molecule has 0 saturated heterocycles. The second kappa shape index (κ2) is 5.55. The summed E-state index contributed by atoms with van der Waals surface area (Å²) in [5.41, 5.74) is 2.03. The Bertz CT molecular complexity index is 832. The number of para-hydroxylation sites is 1. The fourth-order valence-electron chi connectivity index (χ4n) is 2.38. The summed E-state index contributed by atoms with van der Waals surface area (Å²) >= 11 is 0. The Balaban J connectivity index is 1.98. The van der Waals surface area contributed by atoms with Gasteiger partial charge >= 0.3 is 0 Å². The van der Waals surface area contributed by atoms with Gasteiger partial charge in [-0.3, -0.25) is 4.79 Å². The second-order valence-corrected chi connectivity index (χ2v) is 5.43. The van der Waals surface area contributed by atoms with Crippen LogP contribution >= 0.6 is 0 Å². The van der Waals surface area contributed by atoms with Crippen molar-refractivity contribution in [3.05, 3.63) is 48.0 Å². The third-order valence-electron chi connectivity index (χ3n) is 3.37. The van der Waals surface area contributed by atoms with Crippen LogP contribution in [0.5, 0.6) is 0 Å². The summed E-state index contributed by atoms with van der Waals surface area (Å²) in [4.78, 5) is 20.8. The van der Waals surface area contributed by atoms with Crippen LogP contribution in [0.25, 0.3) is 10.9 Å². The topological polar surface area (TPSA) is 72.7 Å². The van der Waals surface area contributed by atoms with Crippen molar-refractivity contribution in [3.8, 4) is 0 Å². The van der Waals surface area contributed by atoms with Gasteiger partial charge in [0.2, 0.25) is 0 Å². The minimum Gasteiger partial charge on any atom is -0.307 e. The van der Waals surface area contributed by atoms with Gasteiger partial charge < -0.3 is 5.32 Å². The van der Waals surface area contributed by atoms with Crippen molar-refractivity contribution in [2.75, 3.05) is 5.32 Å². The number of rotatable bonds is 3. The summed E-state index contributed by atoms with van der Waals surface area (Å²) in [5, 5.41) is 8.15. The quantitative estimate of drug-likeness (QED) is 0.806. The van der Waals surface area contributed by atoms with E-state index in [-0.39, 0.29) is 11.9 Å². The van der Waals surface area contributed by atoms with Crippen molar-refractivity contribution < 1.29 is 4.79 Å². The van der Waals surface area contributed by atoms with E-state index >= 15 is 0 Å². The lowest BCUT2D eigenvalue weighted by Gasteiger charge is -2.12. The Morgan fingerprint density at radius 3 is 2.91 bits per heavy atom. The van der Waals surface area contributed by atoms with E-state index in [0.29, 0.717) is 16.9 Å². The number of anilines is 1. The molecule has 3 aromatic rings. The maximum absolute atomic E-state index is 12.6. The first-order chi connectivity index (χ1) is 10.6. The molecule has 1 amide bonds. The highest BCUT2D eigenvalue weighted by atomic mass is 16.1. The molecule has 6 nitrogen and oxygen atoms in total. The van der Waals surface area contributed by atoms with Crippen molar-refractivity contribution in [2.24, 2.45) is 0 Å². The lowest BCUT2D eigenvalue weighted by atomic mass is 10.1. The fraction of sp³-hybridized carbons (Fsp3) is 0.250. The molecule has 0 unspecified atom stereocenters. The molecule has 6 heteroatoms. The van der Waals surface area contributed by atoms with Gasteiger partial charge in [0.15, 0.2) is 0 Å². The summed E-state index contributed by atoms with van der Waals surface area (Å²) in [7, 11) is 0. The third-order valence-corrected chi connectivity index (χ3v) is 3.37. The first-order valence-electron chi connectivity index (χ1n) is 7.12. The number of nitrogens with one attached hydrogen (secondary N) is 1. The largest absolute Gasteiger partial charge is 0.307 e. The summed E-state index contributed by atoms with van der Waals surface area (Å²) in [6.07, 6.45) is 3.14. The molecular weight excluding hydrogens is 278 g/mol. The van der Waals surface area contributed by atoms with Crippen molar-refractivity contribution in [3.63, 3.8) is 0 Å². The number of hydrogen-bond donors (Lipinski definition) is 1. The molecule has 0 aliphatic carbocycles. The number of fused-ring (bicyclic) bond motifs is 1. The molecule has 0 atom stereocenters. The molecule has 0 aliphatic heterocycles. The van der Waals surface area contributed by atoms with Gasteiger partial charge in [-0.25, -0.2) is 14.6 Å². The first kappa shape index (κ1) is 14.2. The van der Waals surface area contributed by atoms with Crippen LogP contribution in [-0.2, 0) is 0 Å². The zero-order valence-corrected chi connectivity index (χ0v) is 12.7. The van der Waals surface area contributed by atoms with Crippen LogP contribution in [0.2, 0.25) is 0 Å². The molecule has 0 bridgehead atoms. The van der Waals surface area contributed by atoms with E-state index in [1.165, 1.54) is 6.33 Å². The maximum atomic E-state index is 12.6. The van der Waals surface area contributed by atoms with Gasteiger partial charge in [0.05, 0.1) is 16.8 Å². The number of benzene rings is 1. The van der Waals surface area contributed by atoms with Gasteiger partial charge in [-0.05, 0) is 26.8 Å². The third kappa shape index (κ3) is 2.55. The normalized spacial score (nSPS) is 11.1. The van der Waals surface area contributed by atoms with Gasteiger partial charge in [-0.1, -0.05) is 12.1 Å². The monoisotopic (exact) mass is 295 g/mol. The number of carbonyl (C=O) groups is 1. The van der Waals surface area contributed by atoms with Crippen LogP contribution in [0.3, 0.4) is 0 Å². The number of nitrogens with zero attached hydrogens (tertiary/aromatic N) is 4. The zero-order chi connectivity index (χ0) is 15.7. The molecule has 1 N–H and O–H groups in total. The standard InChI is InChI=1S/C16H17N5O/c1-10(2)21-14(7-11(3)20-21)19-16(22)13-6-4-5-12-8-17-9-18-15(12)13/h4-10H,1-3H3,(H,19,22). The Morgan fingerprint density at radius 2 is 2.14 bits per heavy atom. The van der Waals surface area contributed by atoms with Crippen LogP contribution in [0, 0.1) is 6.92 Å². The second-order valence-electron chi connectivity index (χ2n) is 5.43. The summed E-state index contributed by atoms with van der Waals surface area (Å²) in [6, 6.07) is 7.49. The van der Waals surface area contributed by atoms with Gasteiger partial charge in [0, 0.05) is 23.7 Å². The number of carbonyl (C=O) groups excluding carboxylic acids is 1. The van der Waals surface area contributed by atoms with Crippen molar-refractivity contribution in [1.82, 2.24) is 19.7 Å². The highest BCUT2D eigenvalue weighted by Crippen LogP contribution is 2.19. The molecule has 0 fully saturated rings. The highest BCUT2D eigenvalue weighted by molar-refractivity contribution is 6.11. The van der Waals surface area contributed by atoms with Gasteiger partial charge in [0.25, 0.3) is 5.91 Å². The molecule has 1 aromatic carbocycles. The van der Waals surface area contributed by atoms with Crippen LogP contribution in [-0.4, -0.2) is 25.7 Å². The smallest absolute Gasteiger partial charge is 0.259 e. The molecule has 0 aliphatic rings. The Hall–Kier alpha value is -2.76. The molecular formula is C16H17N5O. The first-order valence-corrected chi connectivity index (χ1v) is 7.12. The highest BCUT2D eigenvalue weighted by Gasteiger charge is 2.15. The Labute approximate surface area is 128 Å². The summed E-state index contributed by atoms with van der Waals surface area (Å²) in [6.45, 7) is 5.94. The van der Waals surface area contributed by atoms with Gasteiger partial charge in [0.1, 0.15) is 12.1 Å². The SMILES string of the molecule is Cc1cc(NC(=O)c2cccc3cncnc23)n(C(C)C)n1. The number of hydrogen-bond acceptors (Lipinski definition) is 4. The van der Waals surface area contributed by atoms with Gasteiger partial charge in [-0.15, -0.1) is 0 Å². The number of amides is 1. The fourth-order valence-corrected chi connectivity index (χ4v) is 2.38.